The van der Waals surface area contributed by atoms with Gasteiger partial charge in [-0.15, -0.1) is 0 Å². The number of thioether (sulfide) groups is 1. The summed E-state index contributed by atoms with van der Waals surface area (Å²) < 4.78 is 5.01. The summed E-state index contributed by atoms with van der Waals surface area (Å²) in [6, 6.07) is 0.118. The number of carbonyl (C=O) groups is 1. The van der Waals surface area contributed by atoms with Crippen LogP contribution in [0, 0.1) is 0 Å². The molecule has 18 heavy (non-hydrogen) atoms. The van der Waals surface area contributed by atoms with E-state index in [1.54, 1.807) is 6.92 Å². The Morgan fingerprint density at radius 3 is 2.72 bits per heavy atom. The highest BCUT2D eigenvalue weighted by molar-refractivity contribution is 8.01. The van der Waals surface area contributed by atoms with Crippen LogP contribution in [-0.2, 0) is 11.2 Å². The van der Waals surface area contributed by atoms with E-state index in [4.69, 9.17) is 0 Å². The van der Waals surface area contributed by atoms with Gasteiger partial charge in [-0.1, -0.05) is 18.7 Å². The third-order valence-electron chi connectivity index (χ3n) is 2.33. The molecule has 7 heteroatoms. The molecule has 2 N–H and O–H groups in total. The first-order valence-corrected chi connectivity index (χ1v) is 7.59. The minimum absolute atomic E-state index is 0.118. The number of rotatable bonds is 7. The van der Waals surface area contributed by atoms with Crippen molar-refractivity contribution in [1.29, 1.82) is 0 Å². The van der Waals surface area contributed by atoms with Crippen LogP contribution in [0.2, 0.25) is 0 Å². The summed E-state index contributed by atoms with van der Waals surface area (Å²) in [5, 5.41) is 12.4. The number of aliphatic carboxylic acids is 1. The van der Waals surface area contributed by atoms with Crippen LogP contribution in [0.15, 0.2) is 4.34 Å². The summed E-state index contributed by atoms with van der Waals surface area (Å²) in [5.41, 5.74) is -0.948. The number of aromatic nitrogens is 2. The predicted octanol–water partition coefficient (Wildman–Crippen LogP) is 2.03. The van der Waals surface area contributed by atoms with Gasteiger partial charge in [-0.3, -0.25) is 10.1 Å². The molecular weight excluding hydrogens is 270 g/mol. The highest BCUT2D eigenvalue weighted by Crippen LogP contribution is 2.25. The number of aryl methyl sites for hydroxylation is 1. The van der Waals surface area contributed by atoms with Crippen LogP contribution in [0.25, 0.3) is 0 Å². The fourth-order valence-corrected chi connectivity index (χ4v) is 3.24. The van der Waals surface area contributed by atoms with Crippen molar-refractivity contribution in [3.63, 3.8) is 0 Å². The maximum atomic E-state index is 11.3. The minimum Gasteiger partial charge on any atom is -0.480 e. The molecule has 0 saturated heterocycles. The van der Waals surface area contributed by atoms with E-state index in [1.807, 2.05) is 20.8 Å². The summed E-state index contributed by atoms with van der Waals surface area (Å²) in [4.78, 5) is 15.7. The topological polar surface area (TPSA) is 75.1 Å². The van der Waals surface area contributed by atoms with Crippen molar-refractivity contribution in [1.82, 2.24) is 14.7 Å². The Hall–Kier alpha value is -0.660. The van der Waals surface area contributed by atoms with Crippen molar-refractivity contribution in [3.8, 4) is 0 Å². The summed E-state index contributed by atoms with van der Waals surface area (Å²) >= 11 is 2.76. The van der Waals surface area contributed by atoms with Crippen LogP contribution < -0.4 is 5.32 Å². The number of carboxylic acids is 1. The van der Waals surface area contributed by atoms with Crippen molar-refractivity contribution in [3.05, 3.63) is 5.82 Å². The van der Waals surface area contributed by atoms with Crippen LogP contribution in [0.1, 0.15) is 33.5 Å². The van der Waals surface area contributed by atoms with Gasteiger partial charge in [0.25, 0.3) is 0 Å². The Labute approximate surface area is 116 Å². The second-order valence-corrected chi connectivity index (χ2v) is 6.53. The molecule has 0 radical (unpaired) electrons. The molecule has 0 aliphatic heterocycles. The summed E-state index contributed by atoms with van der Waals surface area (Å²) in [5.74, 6) is 0.402. The predicted molar refractivity (Wildman–Crippen MR) is 74.3 cm³/mol. The molecule has 1 aromatic heterocycles. The minimum atomic E-state index is -0.948. The molecule has 0 amide bonds. The normalized spacial score (nSPS) is 14.7. The molecule has 1 heterocycles. The summed E-state index contributed by atoms with van der Waals surface area (Å²) in [7, 11) is 0. The van der Waals surface area contributed by atoms with Gasteiger partial charge in [-0.25, -0.2) is 4.98 Å². The molecule has 0 aliphatic carbocycles. The molecule has 0 fully saturated rings. The van der Waals surface area contributed by atoms with E-state index in [0.29, 0.717) is 5.75 Å². The highest BCUT2D eigenvalue weighted by atomic mass is 32.2. The van der Waals surface area contributed by atoms with Gasteiger partial charge in [-0.2, -0.15) is 4.37 Å². The zero-order chi connectivity index (χ0) is 13.8. The molecule has 0 aliphatic rings. The van der Waals surface area contributed by atoms with Gasteiger partial charge in [0, 0.05) is 18.2 Å². The molecular formula is C11H19N3O2S2. The van der Waals surface area contributed by atoms with Crippen LogP contribution in [0.3, 0.4) is 0 Å². The van der Waals surface area contributed by atoms with Gasteiger partial charge < -0.3 is 5.11 Å². The molecule has 0 bridgehead atoms. The maximum absolute atomic E-state index is 11.3. The first-order chi connectivity index (χ1) is 8.37. The number of nitrogens with zero attached hydrogens (tertiary/aromatic N) is 2. The molecule has 1 aromatic rings. The molecule has 1 unspecified atom stereocenters. The monoisotopic (exact) mass is 289 g/mol. The van der Waals surface area contributed by atoms with E-state index < -0.39 is 11.5 Å². The quantitative estimate of drug-likeness (QED) is 0.748. The maximum Gasteiger partial charge on any atom is 0.324 e. The average Bonchev–Trinajstić information content (AvgIpc) is 2.73. The van der Waals surface area contributed by atoms with Crippen LogP contribution in [0.4, 0.5) is 0 Å². The lowest BCUT2D eigenvalue weighted by atomic mass is 10.1. The number of hydrogen-bond acceptors (Lipinski definition) is 6. The van der Waals surface area contributed by atoms with Crippen molar-refractivity contribution in [2.75, 3.05) is 5.75 Å². The highest BCUT2D eigenvalue weighted by Gasteiger charge is 2.33. The average molecular weight is 289 g/mol. The summed E-state index contributed by atoms with van der Waals surface area (Å²) in [6.45, 7) is 7.57. The van der Waals surface area contributed by atoms with E-state index >= 15 is 0 Å². The van der Waals surface area contributed by atoms with Crippen molar-refractivity contribution in [2.24, 2.45) is 0 Å². The van der Waals surface area contributed by atoms with Crippen LogP contribution >= 0.6 is 23.3 Å². The number of hydrogen-bond donors (Lipinski definition) is 2. The van der Waals surface area contributed by atoms with E-state index in [0.717, 1.165) is 16.6 Å². The van der Waals surface area contributed by atoms with Gasteiger partial charge in [0.1, 0.15) is 11.4 Å². The molecule has 0 aromatic carbocycles. The third kappa shape index (κ3) is 4.22. The molecule has 1 atom stereocenters. The van der Waals surface area contributed by atoms with E-state index in [2.05, 4.69) is 14.7 Å². The Kier molecular flexibility index (Phi) is 5.55. The molecule has 1 rings (SSSR count). The Morgan fingerprint density at radius 2 is 2.28 bits per heavy atom. The first-order valence-electron chi connectivity index (χ1n) is 5.84. The third-order valence-corrected chi connectivity index (χ3v) is 4.52. The van der Waals surface area contributed by atoms with Gasteiger partial charge in [-0.05, 0) is 32.3 Å². The molecule has 0 saturated carbocycles. The number of carboxylic acid groups (broad SMARTS) is 1. The second-order valence-electron chi connectivity index (χ2n) is 4.56. The Morgan fingerprint density at radius 1 is 1.61 bits per heavy atom. The fraction of sp³-hybridized carbons (Fsp3) is 0.727. The van der Waals surface area contributed by atoms with Crippen LogP contribution in [0.5, 0.6) is 0 Å². The largest absolute Gasteiger partial charge is 0.480 e. The summed E-state index contributed by atoms with van der Waals surface area (Å²) in [6.07, 6.45) is 0.803. The Bertz CT molecular complexity index is 409. The van der Waals surface area contributed by atoms with Gasteiger partial charge in [0.15, 0.2) is 4.34 Å². The lowest BCUT2D eigenvalue weighted by molar-refractivity contribution is -0.143. The number of nitrogens with one attached hydrogen (secondary N) is 1. The molecule has 0 spiro atoms. The SMILES string of the molecule is CCc1nsc(SCC(C)(NC(C)C)C(=O)O)n1. The van der Waals surface area contributed by atoms with E-state index in [-0.39, 0.29) is 6.04 Å². The van der Waals surface area contributed by atoms with Crippen molar-refractivity contribution >= 4 is 29.3 Å². The standard InChI is InChI=1S/C11H19N3O2S2/c1-5-8-12-10(18-14-8)17-6-11(4,9(15)16)13-7(2)3/h7,13H,5-6H2,1-4H3,(H,15,16). The second kappa shape index (κ2) is 6.49. The zero-order valence-electron chi connectivity index (χ0n) is 11.1. The van der Waals surface area contributed by atoms with Crippen molar-refractivity contribution in [2.45, 2.75) is 50.0 Å². The lowest BCUT2D eigenvalue weighted by Crippen LogP contribution is -2.54. The van der Waals surface area contributed by atoms with Crippen LogP contribution in [-0.4, -0.2) is 37.8 Å². The van der Waals surface area contributed by atoms with E-state index in [9.17, 15) is 9.90 Å². The molecule has 5 nitrogen and oxygen atoms in total. The Balaban J connectivity index is 2.64. The van der Waals surface area contributed by atoms with Gasteiger partial charge in [0.05, 0.1) is 0 Å². The zero-order valence-corrected chi connectivity index (χ0v) is 12.7. The first kappa shape index (κ1) is 15.4. The smallest absolute Gasteiger partial charge is 0.324 e. The van der Waals surface area contributed by atoms with E-state index in [1.165, 1.54) is 23.3 Å². The molecule has 102 valence electrons. The lowest BCUT2D eigenvalue weighted by Gasteiger charge is -2.27. The fourth-order valence-electron chi connectivity index (χ4n) is 1.45. The van der Waals surface area contributed by atoms with Gasteiger partial charge in [0.2, 0.25) is 0 Å². The van der Waals surface area contributed by atoms with Gasteiger partial charge >= 0.3 is 5.97 Å². The van der Waals surface area contributed by atoms with Crippen molar-refractivity contribution < 1.29 is 9.90 Å².